The molecular weight excluding hydrogens is 485 g/mol. The molecule has 2 aromatic heterocycles. The summed E-state index contributed by atoms with van der Waals surface area (Å²) in [6.07, 6.45) is 0.547. The molecule has 1 unspecified atom stereocenters. The van der Waals surface area contributed by atoms with Gasteiger partial charge < -0.3 is 15.5 Å². The molecule has 2 N–H and O–H groups in total. The molecule has 0 radical (unpaired) electrons. The van der Waals surface area contributed by atoms with Crippen LogP contribution in [-0.4, -0.2) is 47.5 Å². The fraction of sp³-hybridized carbons (Fsp3) is 0.409. The Labute approximate surface area is 200 Å². The van der Waals surface area contributed by atoms with Crippen molar-refractivity contribution in [3.05, 3.63) is 47.8 Å². The van der Waals surface area contributed by atoms with E-state index in [2.05, 4.69) is 20.7 Å². The zero-order chi connectivity index (χ0) is 25.4. The van der Waals surface area contributed by atoms with Crippen molar-refractivity contribution in [3.63, 3.8) is 0 Å². The van der Waals surface area contributed by atoms with Crippen LogP contribution < -0.4 is 15.5 Å². The van der Waals surface area contributed by atoms with E-state index in [-0.39, 0.29) is 18.4 Å². The number of hydrogen-bond donors (Lipinski definition) is 2. The number of halogens is 3. The van der Waals surface area contributed by atoms with Crippen LogP contribution >= 0.6 is 0 Å². The van der Waals surface area contributed by atoms with Crippen molar-refractivity contribution in [1.82, 2.24) is 19.5 Å². The van der Waals surface area contributed by atoms with Crippen molar-refractivity contribution in [3.8, 4) is 0 Å². The second kappa shape index (κ2) is 9.36. The first-order valence-electron chi connectivity index (χ1n) is 11.0. The van der Waals surface area contributed by atoms with Crippen molar-refractivity contribution in [2.75, 3.05) is 23.0 Å². The minimum Gasteiger partial charge on any atom is -0.354 e. The number of carbonyl (C=O) groups excluding carboxylic acids is 1. The lowest BCUT2D eigenvalue weighted by molar-refractivity contribution is -0.141. The topological polar surface area (TPSA) is 109 Å². The third-order valence-corrected chi connectivity index (χ3v) is 6.79. The van der Waals surface area contributed by atoms with Crippen LogP contribution in [0.2, 0.25) is 0 Å². The van der Waals surface area contributed by atoms with Crippen LogP contribution in [0.1, 0.15) is 37.4 Å². The Bertz CT molecular complexity index is 1360. The van der Waals surface area contributed by atoms with Gasteiger partial charge in [0, 0.05) is 35.8 Å². The van der Waals surface area contributed by atoms with Crippen molar-refractivity contribution in [2.45, 2.75) is 44.9 Å². The quantitative estimate of drug-likeness (QED) is 0.538. The Balaban J connectivity index is 1.50. The number of urea groups is 1. The number of rotatable bonds is 5. The van der Waals surface area contributed by atoms with Crippen LogP contribution in [0.4, 0.5) is 29.5 Å². The Morgan fingerprint density at radius 2 is 1.97 bits per heavy atom. The average molecular weight is 511 g/mol. The first-order chi connectivity index (χ1) is 16.4. The van der Waals surface area contributed by atoms with Crippen LogP contribution in [0.3, 0.4) is 0 Å². The molecule has 0 aliphatic carbocycles. The number of hydrogen-bond acceptors (Lipinski definition) is 6. The van der Waals surface area contributed by atoms with Crippen molar-refractivity contribution in [2.24, 2.45) is 0 Å². The standard InChI is InChI=1S/C22H25F3N6O3S/c1-14-5-3-4-10-30(14)20-15(6-9-19(29-20)22(23,24)25)12-26-21(32)28-17-7-8-18-16(11-17)13-27-31(18)35(2,33)34/h6-9,11,13-14H,3-5,10,12H2,1-2H3,(H2,26,28,32). The third-order valence-electron chi connectivity index (χ3n) is 5.87. The summed E-state index contributed by atoms with van der Waals surface area (Å²) < 4.78 is 64.3. The monoisotopic (exact) mass is 510 g/mol. The van der Waals surface area contributed by atoms with Crippen LogP contribution in [0, 0.1) is 0 Å². The number of carbonyl (C=O) groups is 1. The lowest BCUT2D eigenvalue weighted by Gasteiger charge is -2.36. The van der Waals surface area contributed by atoms with E-state index < -0.39 is 27.9 Å². The molecule has 4 rings (SSSR count). The Morgan fingerprint density at radius 3 is 2.66 bits per heavy atom. The lowest BCUT2D eigenvalue weighted by atomic mass is 10.0. The summed E-state index contributed by atoms with van der Waals surface area (Å²) in [5.74, 6) is 0.224. The normalized spacial score (nSPS) is 16.9. The maximum absolute atomic E-state index is 13.3. The zero-order valence-electron chi connectivity index (χ0n) is 19.1. The summed E-state index contributed by atoms with van der Waals surface area (Å²) >= 11 is 0. The maximum Gasteiger partial charge on any atom is 0.433 e. The van der Waals surface area contributed by atoms with E-state index in [9.17, 15) is 26.4 Å². The second-order valence-corrected chi connectivity index (χ2v) is 10.4. The summed E-state index contributed by atoms with van der Waals surface area (Å²) in [7, 11) is -3.57. The molecule has 35 heavy (non-hydrogen) atoms. The van der Waals surface area contributed by atoms with E-state index in [0.717, 1.165) is 35.7 Å². The molecule has 0 saturated carbocycles. The molecule has 0 bridgehead atoms. The Hall–Kier alpha value is -3.35. The van der Waals surface area contributed by atoms with Gasteiger partial charge in [0.15, 0.2) is 0 Å². The van der Waals surface area contributed by atoms with Gasteiger partial charge in [0.25, 0.3) is 10.0 Å². The molecule has 3 heterocycles. The summed E-state index contributed by atoms with van der Waals surface area (Å²) in [6, 6.07) is 6.35. The molecule has 3 aromatic rings. The smallest absolute Gasteiger partial charge is 0.354 e. The summed E-state index contributed by atoms with van der Waals surface area (Å²) in [6.45, 7) is 2.52. The molecule has 1 saturated heterocycles. The molecule has 13 heteroatoms. The second-order valence-electron chi connectivity index (χ2n) is 8.55. The number of pyridine rings is 1. The van der Waals surface area contributed by atoms with Crippen LogP contribution in [0.25, 0.3) is 10.9 Å². The predicted molar refractivity (Wildman–Crippen MR) is 126 cm³/mol. The average Bonchev–Trinajstić information content (AvgIpc) is 3.21. The van der Waals surface area contributed by atoms with Crippen LogP contribution in [-0.2, 0) is 22.7 Å². The van der Waals surface area contributed by atoms with E-state index in [4.69, 9.17) is 0 Å². The number of benzene rings is 1. The molecule has 1 aromatic carbocycles. The number of anilines is 2. The van der Waals surface area contributed by atoms with E-state index in [0.29, 0.717) is 28.7 Å². The first-order valence-corrected chi connectivity index (χ1v) is 12.9. The molecule has 1 aliphatic rings. The van der Waals surface area contributed by atoms with E-state index >= 15 is 0 Å². The Kier molecular flexibility index (Phi) is 6.62. The predicted octanol–water partition coefficient (Wildman–Crippen LogP) is 3.96. The molecule has 1 aliphatic heterocycles. The lowest BCUT2D eigenvalue weighted by Crippen LogP contribution is -2.39. The third kappa shape index (κ3) is 5.50. The fourth-order valence-corrected chi connectivity index (χ4v) is 4.88. The maximum atomic E-state index is 13.3. The van der Waals surface area contributed by atoms with Gasteiger partial charge in [-0.15, -0.1) is 0 Å². The van der Waals surface area contributed by atoms with Crippen molar-refractivity contribution in [1.29, 1.82) is 0 Å². The van der Waals surface area contributed by atoms with Gasteiger partial charge in [-0.05, 0) is 50.5 Å². The van der Waals surface area contributed by atoms with Gasteiger partial charge in [0.1, 0.15) is 11.5 Å². The number of piperidine rings is 1. The van der Waals surface area contributed by atoms with Gasteiger partial charge in [-0.2, -0.15) is 22.4 Å². The Morgan fingerprint density at radius 1 is 1.20 bits per heavy atom. The van der Waals surface area contributed by atoms with Crippen molar-refractivity contribution < 1.29 is 26.4 Å². The number of nitrogens with one attached hydrogen (secondary N) is 2. The molecule has 0 spiro atoms. The summed E-state index contributed by atoms with van der Waals surface area (Å²) in [5, 5.41) is 9.68. The highest BCUT2D eigenvalue weighted by Crippen LogP contribution is 2.33. The van der Waals surface area contributed by atoms with Gasteiger partial charge in [-0.1, -0.05) is 6.07 Å². The zero-order valence-corrected chi connectivity index (χ0v) is 19.9. The molecule has 9 nitrogen and oxygen atoms in total. The minimum atomic E-state index is -4.57. The highest BCUT2D eigenvalue weighted by Gasteiger charge is 2.34. The molecule has 188 valence electrons. The SMILES string of the molecule is CC1CCCCN1c1nc(C(F)(F)F)ccc1CNC(=O)Nc1ccc2c(cnn2S(C)(=O)=O)c1. The van der Waals surface area contributed by atoms with Gasteiger partial charge in [-0.25, -0.2) is 18.2 Å². The van der Waals surface area contributed by atoms with Gasteiger partial charge in [-0.3, -0.25) is 0 Å². The number of nitrogens with zero attached hydrogens (tertiary/aromatic N) is 4. The van der Waals surface area contributed by atoms with Crippen LogP contribution in [0.15, 0.2) is 36.5 Å². The molecular formula is C22H25F3N6O3S. The summed E-state index contributed by atoms with van der Waals surface area (Å²) in [5.41, 5.74) is 0.279. The van der Waals surface area contributed by atoms with Crippen molar-refractivity contribution >= 4 is 38.5 Å². The first kappa shape index (κ1) is 24.8. The largest absolute Gasteiger partial charge is 0.433 e. The number of fused-ring (bicyclic) bond motifs is 1. The molecule has 1 fully saturated rings. The van der Waals surface area contributed by atoms with E-state index in [1.54, 1.807) is 6.07 Å². The fourth-order valence-electron chi connectivity index (χ4n) is 4.14. The summed E-state index contributed by atoms with van der Waals surface area (Å²) in [4.78, 5) is 18.3. The van der Waals surface area contributed by atoms with Gasteiger partial charge in [0.2, 0.25) is 0 Å². The highest BCUT2D eigenvalue weighted by atomic mass is 32.2. The van der Waals surface area contributed by atoms with E-state index in [1.807, 2.05) is 11.8 Å². The number of alkyl halides is 3. The molecule has 1 atom stereocenters. The number of amides is 2. The van der Waals surface area contributed by atoms with E-state index in [1.165, 1.54) is 24.4 Å². The van der Waals surface area contributed by atoms with Gasteiger partial charge >= 0.3 is 12.2 Å². The highest BCUT2D eigenvalue weighted by molar-refractivity contribution is 7.89. The minimum absolute atomic E-state index is 0.0240. The number of aromatic nitrogens is 3. The van der Waals surface area contributed by atoms with Crippen LogP contribution in [0.5, 0.6) is 0 Å². The van der Waals surface area contributed by atoms with Gasteiger partial charge in [0.05, 0.1) is 18.0 Å². The molecule has 2 amide bonds.